The Morgan fingerprint density at radius 3 is 2.17 bits per heavy atom. The fourth-order valence-electron chi connectivity index (χ4n) is 2.06. The van der Waals surface area contributed by atoms with Crippen molar-refractivity contribution >= 4 is 29.0 Å². The number of non-ortho nitro benzene ring substituents is 1. The number of methoxy groups -OCH3 is 2. The van der Waals surface area contributed by atoms with Crippen LogP contribution in [-0.4, -0.2) is 31.1 Å². The highest BCUT2D eigenvalue weighted by Crippen LogP contribution is 2.28. The summed E-state index contributed by atoms with van der Waals surface area (Å²) in [5.41, 5.74) is 0.648. The largest absolute Gasteiger partial charge is 0.465 e. The first kappa shape index (κ1) is 16.9. The molecule has 0 bridgehead atoms. The van der Waals surface area contributed by atoms with Gasteiger partial charge in [0.2, 0.25) is 0 Å². The third-order valence-corrected chi connectivity index (χ3v) is 3.22. The summed E-state index contributed by atoms with van der Waals surface area (Å²) in [6, 6.07) is 10.3. The number of rotatable bonds is 5. The van der Waals surface area contributed by atoms with Gasteiger partial charge in [0.05, 0.1) is 41.6 Å². The molecule has 0 fully saturated rings. The van der Waals surface area contributed by atoms with E-state index < -0.39 is 16.9 Å². The van der Waals surface area contributed by atoms with Crippen molar-refractivity contribution in [1.29, 1.82) is 0 Å². The van der Waals surface area contributed by atoms with E-state index in [1.165, 1.54) is 26.4 Å². The van der Waals surface area contributed by atoms with E-state index in [1.54, 1.807) is 24.3 Å². The fourth-order valence-corrected chi connectivity index (χ4v) is 2.06. The summed E-state index contributed by atoms with van der Waals surface area (Å²) in [7, 11) is 2.43. The lowest BCUT2D eigenvalue weighted by Crippen LogP contribution is -2.09. The molecule has 124 valence electrons. The van der Waals surface area contributed by atoms with Crippen LogP contribution in [0, 0.1) is 10.1 Å². The molecule has 0 aliphatic carbocycles. The molecule has 0 heterocycles. The van der Waals surface area contributed by atoms with Gasteiger partial charge in [0.25, 0.3) is 5.69 Å². The van der Waals surface area contributed by atoms with Crippen molar-refractivity contribution in [3.8, 4) is 0 Å². The lowest BCUT2D eigenvalue weighted by atomic mass is 10.1. The molecule has 0 unspecified atom stereocenters. The van der Waals surface area contributed by atoms with Crippen molar-refractivity contribution in [2.75, 3.05) is 19.5 Å². The van der Waals surface area contributed by atoms with Gasteiger partial charge in [0, 0.05) is 12.1 Å². The summed E-state index contributed by atoms with van der Waals surface area (Å²) in [6.45, 7) is 0. The number of benzene rings is 2. The minimum atomic E-state index is -0.739. The van der Waals surface area contributed by atoms with Crippen LogP contribution in [0.15, 0.2) is 42.5 Å². The monoisotopic (exact) mass is 330 g/mol. The van der Waals surface area contributed by atoms with Crippen LogP contribution in [0.1, 0.15) is 20.7 Å². The Morgan fingerprint density at radius 1 is 0.958 bits per heavy atom. The number of anilines is 2. The minimum absolute atomic E-state index is 0.0219. The second kappa shape index (κ2) is 7.23. The number of carbonyl (C=O) groups is 2. The highest BCUT2D eigenvalue weighted by molar-refractivity contribution is 6.00. The van der Waals surface area contributed by atoms with Crippen molar-refractivity contribution in [2.24, 2.45) is 0 Å². The van der Waals surface area contributed by atoms with Crippen molar-refractivity contribution in [3.05, 3.63) is 63.7 Å². The molecular weight excluding hydrogens is 316 g/mol. The van der Waals surface area contributed by atoms with Gasteiger partial charge in [0.15, 0.2) is 0 Å². The first-order valence-electron chi connectivity index (χ1n) is 6.79. The van der Waals surface area contributed by atoms with Crippen LogP contribution in [-0.2, 0) is 9.47 Å². The number of nitro groups is 1. The average molecular weight is 330 g/mol. The molecule has 1 N–H and O–H groups in total. The highest BCUT2D eigenvalue weighted by Gasteiger charge is 2.19. The van der Waals surface area contributed by atoms with Crippen LogP contribution in [0.5, 0.6) is 0 Å². The summed E-state index contributed by atoms with van der Waals surface area (Å²) in [5.74, 6) is -1.30. The molecule has 0 saturated heterocycles. The van der Waals surface area contributed by atoms with E-state index in [4.69, 9.17) is 4.74 Å². The molecular formula is C16H14N2O6. The Morgan fingerprint density at radius 2 is 1.54 bits per heavy atom. The van der Waals surface area contributed by atoms with E-state index in [1.807, 2.05) is 0 Å². The lowest BCUT2D eigenvalue weighted by molar-refractivity contribution is -0.384. The molecule has 2 aromatic rings. The summed E-state index contributed by atoms with van der Waals surface area (Å²) >= 11 is 0. The van der Waals surface area contributed by atoms with Crippen molar-refractivity contribution in [1.82, 2.24) is 0 Å². The summed E-state index contributed by atoms with van der Waals surface area (Å²) in [4.78, 5) is 34.0. The summed E-state index contributed by atoms with van der Waals surface area (Å²) < 4.78 is 9.36. The second-order valence-corrected chi connectivity index (χ2v) is 4.64. The fraction of sp³-hybridized carbons (Fsp3) is 0.125. The van der Waals surface area contributed by atoms with Crippen LogP contribution in [0.4, 0.5) is 17.1 Å². The Hall–Kier alpha value is -3.42. The van der Waals surface area contributed by atoms with E-state index in [0.29, 0.717) is 5.69 Å². The molecule has 0 aliphatic heterocycles. The van der Waals surface area contributed by atoms with Gasteiger partial charge in [-0.25, -0.2) is 9.59 Å². The number of ether oxygens (including phenoxy) is 2. The molecule has 0 atom stereocenters. The van der Waals surface area contributed by atoms with Gasteiger partial charge >= 0.3 is 11.9 Å². The molecule has 0 radical (unpaired) electrons. The number of nitro benzene ring substituents is 1. The lowest BCUT2D eigenvalue weighted by Gasteiger charge is -2.13. The number of para-hydroxylation sites is 1. The van der Waals surface area contributed by atoms with Crippen molar-refractivity contribution in [2.45, 2.75) is 0 Å². The first-order chi connectivity index (χ1) is 11.5. The predicted octanol–water partition coefficient (Wildman–Crippen LogP) is 2.91. The highest BCUT2D eigenvalue weighted by atomic mass is 16.6. The molecule has 8 heteroatoms. The Balaban J connectivity index is 2.49. The third kappa shape index (κ3) is 3.49. The van der Waals surface area contributed by atoms with E-state index in [-0.39, 0.29) is 22.5 Å². The minimum Gasteiger partial charge on any atom is -0.465 e. The Bertz CT molecular complexity index is 803. The number of esters is 2. The number of carbonyl (C=O) groups excluding carboxylic acids is 2. The van der Waals surface area contributed by atoms with E-state index in [2.05, 4.69) is 10.1 Å². The van der Waals surface area contributed by atoms with Crippen LogP contribution in [0.3, 0.4) is 0 Å². The smallest absolute Gasteiger partial charge is 0.340 e. The molecule has 8 nitrogen and oxygen atoms in total. The molecule has 24 heavy (non-hydrogen) atoms. The van der Waals surface area contributed by atoms with Gasteiger partial charge in [-0.15, -0.1) is 0 Å². The van der Waals surface area contributed by atoms with Crippen LogP contribution < -0.4 is 5.32 Å². The maximum absolute atomic E-state index is 11.9. The quantitative estimate of drug-likeness (QED) is 0.510. The van der Waals surface area contributed by atoms with E-state index >= 15 is 0 Å². The van der Waals surface area contributed by atoms with E-state index in [0.717, 1.165) is 6.07 Å². The maximum atomic E-state index is 11.9. The zero-order valence-electron chi connectivity index (χ0n) is 12.9. The Labute approximate surface area is 137 Å². The van der Waals surface area contributed by atoms with Gasteiger partial charge < -0.3 is 14.8 Å². The number of hydrogen-bond donors (Lipinski definition) is 1. The number of nitrogens with zero attached hydrogens (tertiary/aromatic N) is 1. The summed E-state index contributed by atoms with van der Waals surface area (Å²) in [5, 5.41) is 13.8. The second-order valence-electron chi connectivity index (χ2n) is 4.64. The topological polar surface area (TPSA) is 108 Å². The molecule has 0 spiro atoms. The molecule has 2 aromatic carbocycles. The normalized spacial score (nSPS) is 9.92. The standard InChI is InChI=1S/C16H14N2O6/c1-23-15(19)11-5-3-4-6-13(11)17-14-8-7-10(18(21)22)9-12(14)16(20)24-2/h3-9,17H,1-2H3. The van der Waals surface area contributed by atoms with Crippen LogP contribution in [0.25, 0.3) is 0 Å². The zero-order chi connectivity index (χ0) is 17.7. The van der Waals surface area contributed by atoms with Crippen LogP contribution in [0.2, 0.25) is 0 Å². The van der Waals surface area contributed by atoms with Crippen LogP contribution >= 0.6 is 0 Å². The molecule has 0 aliphatic rings. The van der Waals surface area contributed by atoms with Gasteiger partial charge in [-0.1, -0.05) is 12.1 Å². The summed E-state index contributed by atoms with van der Waals surface area (Å²) in [6.07, 6.45) is 0. The van der Waals surface area contributed by atoms with Gasteiger partial charge in [-0.3, -0.25) is 10.1 Å². The van der Waals surface area contributed by atoms with Crippen molar-refractivity contribution < 1.29 is 24.0 Å². The van der Waals surface area contributed by atoms with Gasteiger partial charge in [-0.05, 0) is 18.2 Å². The molecule has 0 amide bonds. The molecule has 0 aromatic heterocycles. The average Bonchev–Trinajstić information content (AvgIpc) is 2.61. The predicted molar refractivity (Wildman–Crippen MR) is 85.5 cm³/mol. The maximum Gasteiger partial charge on any atom is 0.340 e. The van der Waals surface area contributed by atoms with E-state index in [9.17, 15) is 19.7 Å². The van der Waals surface area contributed by atoms with Gasteiger partial charge in [0.1, 0.15) is 0 Å². The Kier molecular flexibility index (Phi) is 5.10. The third-order valence-electron chi connectivity index (χ3n) is 3.22. The van der Waals surface area contributed by atoms with Crippen molar-refractivity contribution in [3.63, 3.8) is 0 Å². The first-order valence-corrected chi connectivity index (χ1v) is 6.79. The SMILES string of the molecule is COC(=O)c1ccccc1Nc1ccc([N+](=O)[O-])cc1C(=O)OC. The molecule has 0 saturated carbocycles. The zero-order valence-corrected chi connectivity index (χ0v) is 12.9. The molecule has 2 rings (SSSR count). The van der Waals surface area contributed by atoms with Gasteiger partial charge in [-0.2, -0.15) is 0 Å². The number of nitrogens with one attached hydrogen (secondary N) is 1. The number of hydrogen-bond acceptors (Lipinski definition) is 7.